The first-order chi connectivity index (χ1) is 9.25. The van der Waals surface area contributed by atoms with Crippen LogP contribution in [-0.4, -0.2) is 5.78 Å². The lowest BCUT2D eigenvalue weighted by Gasteiger charge is -1.98. The maximum Gasteiger partial charge on any atom is 0.230 e. The number of nitrogens with zero attached hydrogens (tertiary/aromatic N) is 1. The maximum absolute atomic E-state index is 13.6. The van der Waals surface area contributed by atoms with Gasteiger partial charge in [-0.3, -0.25) is 4.79 Å². The molecule has 0 bridgehead atoms. The van der Waals surface area contributed by atoms with E-state index in [1.807, 2.05) is 34.3 Å². The van der Waals surface area contributed by atoms with Crippen LogP contribution < -0.4 is 4.57 Å². The summed E-state index contributed by atoms with van der Waals surface area (Å²) < 4.78 is 16.5. The number of halogens is 1. The summed E-state index contributed by atoms with van der Waals surface area (Å²) in [5.74, 6) is -0.681. The minimum absolute atomic E-state index is 0.144. The number of thiazole rings is 1. The Labute approximate surface area is 113 Å². The lowest BCUT2D eigenvalue weighted by Crippen LogP contribution is -2.36. The van der Waals surface area contributed by atoms with Gasteiger partial charge < -0.3 is 0 Å². The maximum atomic E-state index is 13.6. The highest BCUT2D eigenvalue weighted by Gasteiger charge is 2.19. The number of aromatic nitrogens is 1. The van der Waals surface area contributed by atoms with Crippen LogP contribution in [0.15, 0.2) is 54.0 Å². The van der Waals surface area contributed by atoms with Crippen molar-refractivity contribution < 1.29 is 13.8 Å². The van der Waals surface area contributed by atoms with Crippen molar-refractivity contribution in [2.24, 2.45) is 0 Å². The number of para-hydroxylation sites is 1. The molecule has 0 N–H and O–H groups in total. The summed E-state index contributed by atoms with van der Waals surface area (Å²) in [5, 5.41) is 0. The molecular weight excluding hydrogens is 261 g/mol. The standard InChI is InChI=1S/C15H11FNOS/c16-12-6-2-1-5-11(12)14(18)9-17-10-19-15-8-4-3-7-13(15)17/h1-8,10H,9H2/q+1. The molecule has 19 heavy (non-hydrogen) atoms. The highest BCUT2D eigenvalue weighted by molar-refractivity contribution is 7.16. The third-order valence-electron chi connectivity index (χ3n) is 2.97. The summed E-state index contributed by atoms with van der Waals surface area (Å²) in [4.78, 5) is 12.1. The van der Waals surface area contributed by atoms with Crippen molar-refractivity contribution in [3.05, 3.63) is 65.4 Å². The van der Waals surface area contributed by atoms with Crippen LogP contribution in [0.25, 0.3) is 10.2 Å². The lowest BCUT2D eigenvalue weighted by molar-refractivity contribution is -0.652. The number of fused-ring (bicyclic) bond motifs is 1. The molecule has 2 nitrogen and oxygen atoms in total. The first-order valence-electron chi connectivity index (χ1n) is 5.89. The Morgan fingerprint density at radius 3 is 2.68 bits per heavy atom. The number of benzene rings is 2. The van der Waals surface area contributed by atoms with Crippen molar-refractivity contribution in [1.82, 2.24) is 0 Å². The van der Waals surface area contributed by atoms with Gasteiger partial charge >= 0.3 is 0 Å². The fourth-order valence-electron chi connectivity index (χ4n) is 2.02. The molecular formula is C15H11FNOS+. The van der Waals surface area contributed by atoms with E-state index in [0.29, 0.717) is 0 Å². The van der Waals surface area contributed by atoms with Gasteiger partial charge in [-0.05, 0) is 18.2 Å². The summed E-state index contributed by atoms with van der Waals surface area (Å²) in [7, 11) is 0. The molecule has 4 heteroatoms. The molecule has 0 aliphatic rings. The largest absolute Gasteiger partial charge is 0.287 e. The second-order valence-electron chi connectivity index (χ2n) is 4.22. The normalized spacial score (nSPS) is 10.8. The van der Waals surface area contributed by atoms with Crippen molar-refractivity contribution in [2.75, 3.05) is 0 Å². The van der Waals surface area contributed by atoms with Gasteiger partial charge in [-0.1, -0.05) is 35.6 Å². The average Bonchev–Trinajstić information content (AvgIpc) is 2.83. The van der Waals surface area contributed by atoms with Gasteiger partial charge in [-0.25, -0.2) is 4.39 Å². The van der Waals surface area contributed by atoms with E-state index >= 15 is 0 Å². The van der Waals surface area contributed by atoms with Crippen LogP contribution in [-0.2, 0) is 6.54 Å². The topological polar surface area (TPSA) is 20.9 Å². The number of Topliss-reactive ketones (excluding diaryl/α,β-unsaturated/α-hetero) is 1. The van der Waals surface area contributed by atoms with E-state index in [-0.39, 0.29) is 17.9 Å². The van der Waals surface area contributed by atoms with E-state index in [0.717, 1.165) is 10.2 Å². The third-order valence-corrected chi connectivity index (χ3v) is 3.93. The molecule has 0 atom stereocenters. The van der Waals surface area contributed by atoms with Gasteiger partial charge in [-0.2, -0.15) is 4.57 Å². The molecule has 0 fully saturated rings. The van der Waals surface area contributed by atoms with Gasteiger partial charge in [0.2, 0.25) is 23.4 Å². The van der Waals surface area contributed by atoms with E-state index in [1.165, 1.54) is 12.1 Å². The van der Waals surface area contributed by atoms with Gasteiger partial charge in [0.1, 0.15) is 10.5 Å². The Kier molecular flexibility index (Phi) is 3.09. The molecule has 3 aromatic rings. The molecule has 2 aromatic carbocycles. The molecule has 0 spiro atoms. The van der Waals surface area contributed by atoms with E-state index in [2.05, 4.69) is 0 Å². The molecule has 1 aromatic heterocycles. The van der Waals surface area contributed by atoms with Crippen molar-refractivity contribution in [3.63, 3.8) is 0 Å². The van der Waals surface area contributed by atoms with Crippen LogP contribution in [0.2, 0.25) is 0 Å². The summed E-state index contributed by atoms with van der Waals surface area (Å²) in [6.45, 7) is 0.158. The highest BCUT2D eigenvalue weighted by atomic mass is 32.1. The quantitative estimate of drug-likeness (QED) is 0.530. The number of rotatable bonds is 3. The van der Waals surface area contributed by atoms with E-state index in [4.69, 9.17) is 0 Å². The Morgan fingerprint density at radius 1 is 1.11 bits per heavy atom. The minimum Gasteiger partial charge on any atom is -0.287 e. The molecule has 0 radical (unpaired) electrons. The Hall–Kier alpha value is -2.07. The van der Waals surface area contributed by atoms with E-state index in [1.54, 1.807) is 23.5 Å². The fraction of sp³-hybridized carbons (Fsp3) is 0.0667. The van der Waals surface area contributed by atoms with Crippen LogP contribution in [0.1, 0.15) is 10.4 Å². The van der Waals surface area contributed by atoms with Gasteiger partial charge in [0.25, 0.3) is 0 Å². The molecule has 0 aliphatic carbocycles. The number of hydrogen-bond acceptors (Lipinski definition) is 2. The summed E-state index contributed by atoms with van der Waals surface area (Å²) in [5.41, 5.74) is 3.03. The SMILES string of the molecule is O=C(C[n+]1csc2ccccc21)c1ccccc1F. The van der Waals surface area contributed by atoms with Crippen molar-refractivity contribution >= 4 is 27.3 Å². The van der Waals surface area contributed by atoms with Crippen LogP contribution in [0.4, 0.5) is 4.39 Å². The van der Waals surface area contributed by atoms with E-state index in [9.17, 15) is 9.18 Å². The van der Waals surface area contributed by atoms with Gasteiger partial charge in [0, 0.05) is 6.07 Å². The van der Waals surface area contributed by atoms with Crippen molar-refractivity contribution in [1.29, 1.82) is 0 Å². The van der Waals surface area contributed by atoms with Crippen LogP contribution in [0.5, 0.6) is 0 Å². The fourth-order valence-corrected chi connectivity index (χ4v) is 2.91. The third kappa shape index (κ3) is 2.27. The Bertz CT molecular complexity index is 750. The van der Waals surface area contributed by atoms with E-state index < -0.39 is 5.82 Å². The summed E-state index contributed by atoms with van der Waals surface area (Å²) in [6, 6.07) is 13.9. The first-order valence-corrected chi connectivity index (χ1v) is 6.77. The smallest absolute Gasteiger partial charge is 0.230 e. The highest BCUT2D eigenvalue weighted by Crippen LogP contribution is 2.15. The molecule has 0 amide bonds. The van der Waals surface area contributed by atoms with Crippen molar-refractivity contribution in [3.8, 4) is 0 Å². The minimum atomic E-state index is -0.465. The van der Waals surface area contributed by atoms with Crippen molar-refractivity contribution in [2.45, 2.75) is 6.54 Å². The molecule has 0 saturated heterocycles. The summed E-state index contributed by atoms with van der Waals surface area (Å²) in [6.07, 6.45) is 0. The number of hydrogen-bond donors (Lipinski definition) is 0. The molecule has 0 unspecified atom stereocenters. The van der Waals surface area contributed by atoms with Crippen LogP contribution in [0.3, 0.4) is 0 Å². The monoisotopic (exact) mass is 272 g/mol. The predicted octanol–water partition coefficient (Wildman–Crippen LogP) is 3.21. The average molecular weight is 272 g/mol. The second kappa shape index (κ2) is 4.90. The number of carbonyl (C=O) groups excluding carboxylic acids is 1. The predicted molar refractivity (Wildman–Crippen MR) is 72.8 cm³/mol. The van der Waals surface area contributed by atoms with Crippen LogP contribution >= 0.6 is 11.3 Å². The molecule has 0 aliphatic heterocycles. The zero-order valence-electron chi connectivity index (χ0n) is 10.0. The second-order valence-corrected chi connectivity index (χ2v) is 5.11. The first kappa shape index (κ1) is 12.0. The summed E-state index contributed by atoms with van der Waals surface area (Å²) >= 11 is 1.57. The Balaban J connectivity index is 1.94. The van der Waals surface area contributed by atoms with Gasteiger partial charge in [-0.15, -0.1) is 0 Å². The zero-order chi connectivity index (χ0) is 13.2. The number of carbonyl (C=O) groups is 1. The molecule has 0 saturated carbocycles. The molecule has 94 valence electrons. The molecule has 1 heterocycles. The Morgan fingerprint density at radius 2 is 1.84 bits per heavy atom. The zero-order valence-corrected chi connectivity index (χ0v) is 10.9. The van der Waals surface area contributed by atoms with Crippen LogP contribution in [0, 0.1) is 5.82 Å². The van der Waals surface area contributed by atoms with Gasteiger partial charge in [0.05, 0.1) is 5.56 Å². The number of ketones is 1. The lowest BCUT2D eigenvalue weighted by atomic mass is 10.1. The van der Waals surface area contributed by atoms with Gasteiger partial charge in [0.15, 0.2) is 0 Å². The molecule has 3 rings (SSSR count).